The van der Waals surface area contributed by atoms with E-state index in [2.05, 4.69) is 0 Å². The summed E-state index contributed by atoms with van der Waals surface area (Å²) in [5.74, 6) is 0. The Balaban J connectivity index is 2.01. The van der Waals surface area contributed by atoms with Crippen LogP contribution >= 0.6 is 11.3 Å². The molecule has 1 aromatic rings. The molecule has 5 nitrogen and oxygen atoms in total. The highest BCUT2D eigenvalue weighted by Gasteiger charge is 2.30. The Bertz CT molecular complexity index is 436. The molecule has 0 bridgehead atoms. The first-order chi connectivity index (χ1) is 8.14. The predicted molar refractivity (Wildman–Crippen MR) is 65.7 cm³/mol. The third kappa shape index (κ3) is 2.86. The molecule has 1 fully saturated rings. The molecule has 0 amide bonds. The van der Waals surface area contributed by atoms with Crippen molar-refractivity contribution in [1.82, 2.24) is 4.31 Å². The summed E-state index contributed by atoms with van der Waals surface area (Å²) in [6.07, 6.45) is 0. The number of aliphatic hydroxyl groups excluding tert-OH is 1. The van der Waals surface area contributed by atoms with Gasteiger partial charge < -0.3 is 10.0 Å². The maximum absolute atomic E-state index is 12.2. The number of thiophene rings is 1. The second-order valence-corrected chi connectivity index (χ2v) is 7.17. The van der Waals surface area contributed by atoms with Crippen LogP contribution in [0.25, 0.3) is 0 Å². The molecule has 1 aromatic heterocycles. The maximum Gasteiger partial charge on any atom is 0.252 e. The number of rotatable bonds is 4. The van der Waals surface area contributed by atoms with Crippen LogP contribution in [0.15, 0.2) is 21.7 Å². The lowest BCUT2D eigenvalue weighted by Crippen LogP contribution is -3.15. The molecule has 0 aromatic carbocycles. The Morgan fingerprint density at radius 1 is 1.41 bits per heavy atom. The highest BCUT2D eigenvalue weighted by Crippen LogP contribution is 2.20. The second kappa shape index (κ2) is 5.45. The topological polar surface area (TPSA) is 62.0 Å². The van der Waals surface area contributed by atoms with E-state index in [4.69, 9.17) is 5.11 Å². The molecule has 96 valence electrons. The quantitative estimate of drug-likeness (QED) is 0.714. The summed E-state index contributed by atoms with van der Waals surface area (Å²) in [6, 6.07) is 3.40. The number of nitrogens with zero attached hydrogens (tertiary/aromatic N) is 1. The lowest BCUT2D eigenvalue weighted by Gasteiger charge is -2.30. The Kier molecular flexibility index (Phi) is 4.16. The molecule has 2 rings (SSSR count). The van der Waals surface area contributed by atoms with Gasteiger partial charge in [-0.2, -0.15) is 4.31 Å². The zero-order chi connectivity index (χ0) is 12.3. The molecule has 0 atom stereocenters. The van der Waals surface area contributed by atoms with Crippen LogP contribution < -0.4 is 4.90 Å². The van der Waals surface area contributed by atoms with Crippen molar-refractivity contribution in [3.63, 3.8) is 0 Å². The van der Waals surface area contributed by atoms with Crippen LogP contribution in [0.4, 0.5) is 0 Å². The summed E-state index contributed by atoms with van der Waals surface area (Å²) in [5.41, 5.74) is 0. The van der Waals surface area contributed by atoms with E-state index in [0.29, 0.717) is 23.8 Å². The maximum atomic E-state index is 12.2. The van der Waals surface area contributed by atoms with Crippen LogP contribution in [0, 0.1) is 0 Å². The smallest absolute Gasteiger partial charge is 0.252 e. The molecule has 0 unspecified atom stereocenters. The van der Waals surface area contributed by atoms with Gasteiger partial charge in [-0.25, -0.2) is 8.42 Å². The summed E-state index contributed by atoms with van der Waals surface area (Å²) in [4.78, 5) is 1.27. The van der Waals surface area contributed by atoms with Gasteiger partial charge in [-0.3, -0.25) is 0 Å². The zero-order valence-corrected chi connectivity index (χ0v) is 11.1. The molecule has 2 N–H and O–H groups in total. The molecule has 1 aliphatic heterocycles. The van der Waals surface area contributed by atoms with Gasteiger partial charge in [0.25, 0.3) is 10.0 Å². The van der Waals surface area contributed by atoms with Crippen LogP contribution in [-0.2, 0) is 10.0 Å². The van der Waals surface area contributed by atoms with Crippen molar-refractivity contribution in [1.29, 1.82) is 0 Å². The molecule has 1 aliphatic rings. The van der Waals surface area contributed by atoms with Crippen LogP contribution in [0.3, 0.4) is 0 Å². The van der Waals surface area contributed by atoms with Crippen molar-refractivity contribution in [2.75, 3.05) is 39.3 Å². The Labute approximate surface area is 105 Å². The number of nitrogens with one attached hydrogen (secondary N) is 1. The lowest BCUT2D eigenvalue weighted by molar-refractivity contribution is -0.904. The van der Waals surface area contributed by atoms with E-state index >= 15 is 0 Å². The molecule has 0 spiro atoms. The van der Waals surface area contributed by atoms with Crippen molar-refractivity contribution in [3.8, 4) is 0 Å². The van der Waals surface area contributed by atoms with Gasteiger partial charge in [-0.15, -0.1) is 11.3 Å². The third-order valence-electron chi connectivity index (χ3n) is 2.98. The minimum atomic E-state index is -3.28. The largest absolute Gasteiger partial charge is 0.391 e. The SMILES string of the molecule is O=S(=O)(c1cccs1)N1CC[NH+](CCO)CC1. The lowest BCUT2D eigenvalue weighted by atomic mass is 10.4. The average Bonchev–Trinajstić information content (AvgIpc) is 2.84. The highest BCUT2D eigenvalue weighted by atomic mass is 32.2. The van der Waals surface area contributed by atoms with E-state index in [1.54, 1.807) is 21.8 Å². The molecule has 0 aliphatic carbocycles. The molecule has 1 saturated heterocycles. The van der Waals surface area contributed by atoms with Crippen LogP contribution in [0.1, 0.15) is 0 Å². The van der Waals surface area contributed by atoms with E-state index in [-0.39, 0.29) is 6.61 Å². The predicted octanol–water partition coefficient (Wildman–Crippen LogP) is -1.37. The van der Waals surface area contributed by atoms with Gasteiger partial charge in [-0.05, 0) is 11.4 Å². The van der Waals surface area contributed by atoms with Crippen molar-refractivity contribution in [3.05, 3.63) is 17.5 Å². The van der Waals surface area contributed by atoms with Crippen LogP contribution in [-0.4, -0.2) is 57.2 Å². The molecule has 17 heavy (non-hydrogen) atoms. The van der Waals surface area contributed by atoms with E-state index in [1.807, 2.05) is 0 Å². The van der Waals surface area contributed by atoms with Gasteiger partial charge in [0.05, 0.1) is 32.8 Å². The van der Waals surface area contributed by atoms with E-state index < -0.39 is 10.0 Å². The molecular formula is C10H17N2O3S2+. The number of piperazine rings is 1. The summed E-state index contributed by atoms with van der Waals surface area (Å²) in [6.45, 7) is 3.47. The summed E-state index contributed by atoms with van der Waals surface area (Å²) in [7, 11) is -3.28. The molecule has 7 heteroatoms. The van der Waals surface area contributed by atoms with E-state index in [0.717, 1.165) is 13.1 Å². The van der Waals surface area contributed by atoms with Crippen molar-refractivity contribution >= 4 is 21.4 Å². The van der Waals surface area contributed by atoms with Gasteiger partial charge in [0, 0.05) is 0 Å². The fourth-order valence-electron chi connectivity index (χ4n) is 1.99. The zero-order valence-electron chi connectivity index (χ0n) is 9.50. The monoisotopic (exact) mass is 277 g/mol. The van der Waals surface area contributed by atoms with Crippen LogP contribution in [0.5, 0.6) is 0 Å². The van der Waals surface area contributed by atoms with Crippen molar-refractivity contribution < 1.29 is 18.4 Å². The molecular weight excluding hydrogens is 260 g/mol. The number of hydrogen-bond acceptors (Lipinski definition) is 4. The van der Waals surface area contributed by atoms with Crippen molar-refractivity contribution in [2.45, 2.75) is 4.21 Å². The number of hydrogen-bond donors (Lipinski definition) is 2. The first-order valence-corrected chi connectivity index (χ1v) is 7.94. The molecule has 0 radical (unpaired) electrons. The van der Waals surface area contributed by atoms with Crippen molar-refractivity contribution in [2.24, 2.45) is 0 Å². The highest BCUT2D eigenvalue weighted by molar-refractivity contribution is 7.91. The first-order valence-electron chi connectivity index (χ1n) is 5.62. The first kappa shape index (κ1) is 13.0. The third-order valence-corrected chi connectivity index (χ3v) is 6.26. The standard InChI is InChI=1S/C10H16N2O3S2/c13-8-7-11-3-5-12(6-4-11)17(14,15)10-2-1-9-16-10/h1-2,9,13H,3-8H2/p+1. The summed E-state index contributed by atoms with van der Waals surface area (Å²) < 4.78 is 26.3. The molecule has 2 heterocycles. The van der Waals surface area contributed by atoms with Gasteiger partial charge in [-0.1, -0.05) is 6.07 Å². The number of quaternary nitrogens is 1. The fourth-order valence-corrected chi connectivity index (χ4v) is 4.57. The van der Waals surface area contributed by atoms with Gasteiger partial charge in [0.15, 0.2) is 0 Å². The Hall–Kier alpha value is -0.470. The minimum Gasteiger partial charge on any atom is -0.391 e. The van der Waals surface area contributed by atoms with Gasteiger partial charge in [0.2, 0.25) is 0 Å². The Morgan fingerprint density at radius 3 is 2.65 bits per heavy atom. The Morgan fingerprint density at radius 2 is 2.12 bits per heavy atom. The normalized spacial score (nSPS) is 19.6. The second-order valence-electron chi connectivity index (χ2n) is 4.06. The van der Waals surface area contributed by atoms with Gasteiger partial charge >= 0.3 is 0 Å². The van der Waals surface area contributed by atoms with Gasteiger partial charge in [0.1, 0.15) is 10.8 Å². The minimum absolute atomic E-state index is 0.160. The van der Waals surface area contributed by atoms with E-state index in [9.17, 15) is 8.42 Å². The average molecular weight is 277 g/mol. The molecule has 0 saturated carbocycles. The van der Waals surface area contributed by atoms with Crippen LogP contribution in [0.2, 0.25) is 0 Å². The summed E-state index contributed by atoms with van der Waals surface area (Å²) >= 11 is 1.26. The number of sulfonamides is 1. The van der Waals surface area contributed by atoms with E-state index in [1.165, 1.54) is 16.2 Å². The fraction of sp³-hybridized carbons (Fsp3) is 0.600. The number of aliphatic hydroxyl groups is 1. The summed E-state index contributed by atoms with van der Waals surface area (Å²) in [5, 5.41) is 10.6.